The number of aromatic nitrogens is 1. The molecule has 2 rings (SSSR count). The van der Waals surface area contributed by atoms with Crippen LogP contribution in [0, 0.1) is 0 Å². The highest BCUT2D eigenvalue weighted by atomic mass is 16.5. The Balaban J connectivity index is 1.75. The van der Waals surface area contributed by atoms with Gasteiger partial charge in [-0.1, -0.05) is 5.16 Å². The first-order valence-corrected chi connectivity index (χ1v) is 7.14. The van der Waals surface area contributed by atoms with Crippen LogP contribution in [0.15, 0.2) is 10.6 Å². The second-order valence-electron chi connectivity index (χ2n) is 5.57. The van der Waals surface area contributed by atoms with Crippen LogP contribution in [-0.2, 0) is 6.54 Å². The second kappa shape index (κ2) is 7.51. The summed E-state index contributed by atoms with van der Waals surface area (Å²) in [5, 5.41) is 3.71. The minimum Gasteiger partial charge on any atom is -0.359 e. The van der Waals surface area contributed by atoms with E-state index in [0.29, 0.717) is 12.3 Å². The van der Waals surface area contributed by atoms with Crippen LogP contribution in [-0.4, -0.2) is 79.1 Å². The maximum absolute atomic E-state index is 11.3. The van der Waals surface area contributed by atoms with Crippen molar-refractivity contribution in [2.75, 3.05) is 53.4 Å². The van der Waals surface area contributed by atoms with Crippen LogP contribution in [0.4, 0.5) is 0 Å². The summed E-state index contributed by atoms with van der Waals surface area (Å²) < 4.78 is 5.17. The zero-order valence-corrected chi connectivity index (χ0v) is 12.7. The maximum Gasteiger partial charge on any atom is 0.287 e. The molecule has 1 aromatic heterocycles. The van der Waals surface area contributed by atoms with Crippen molar-refractivity contribution in [2.45, 2.75) is 6.54 Å². The number of likely N-dealkylation sites (N-methyl/N-ethyl adjacent to an activating group) is 1. The Morgan fingerprint density at radius 2 is 2.05 bits per heavy atom. The third-order valence-corrected chi connectivity index (χ3v) is 3.63. The first-order chi connectivity index (χ1) is 10.1. The van der Waals surface area contributed by atoms with Crippen LogP contribution >= 0.6 is 0 Å². The molecule has 1 aromatic rings. The standard InChI is InChI=1S/C13H24N6O2/c1-17(2)3-4-18-5-7-19(8-6-18)10-11-9-12(16-21-11)13(20)15-14/h9H,3-8,10,14H2,1-2H3,(H,15,20). The molecule has 118 valence electrons. The highest BCUT2D eigenvalue weighted by Crippen LogP contribution is 2.10. The summed E-state index contributed by atoms with van der Waals surface area (Å²) in [5.41, 5.74) is 2.26. The van der Waals surface area contributed by atoms with Gasteiger partial charge in [-0.3, -0.25) is 20.0 Å². The molecule has 0 radical (unpaired) electrons. The van der Waals surface area contributed by atoms with Gasteiger partial charge in [-0.05, 0) is 14.1 Å². The molecule has 1 aliphatic rings. The molecule has 0 saturated carbocycles. The first kappa shape index (κ1) is 15.9. The molecular formula is C13H24N6O2. The number of nitrogens with one attached hydrogen (secondary N) is 1. The molecule has 0 atom stereocenters. The van der Waals surface area contributed by atoms with Crippen molar-refractivity contribution in [3.8, 4) is 0 Å². The van der Waals surface area contributed by atoms with Crippen molar-refractivity contribution in [3.63, 3.8) is 0 Å². The third-order valence-electron chi connectivity index (χ3n) is 3.63. The molecule has 1 amide bonds. The van der Waals surface area contributed by atoms with Gasteiger partial charge in [-0.2, -0.15) is 0 Å². The number of carbonyl (C=O) groups is 1. The molecule has 1 fully saturated rings. The molecule has 0 aliphatic carbocycles. The van der Waals surface area contributed by atoms with E-state index in [-0.39, 0.29) is 5.69 Å². The largest absolute Gasteiger partial charge is 0.359 e. The molecule has 8 heteroatoms. The van der Waals surface area contributed by atoms with Gasteiger partial charge in [-0.15, -0.1) is 0 Å². The fourth-order valence-corrected chi connectivity index (χ4v) is 2.30. The lowest BCUT2D eigenvalue weighted by Crippen LogP contribution is -2.47. The summed E-state index contributed by atoms with van der Waals surface area (Å²) in [6.45, 7) is 6.95. The minimum atomic E-state index is -0.432. The van der Waals surface area contributed by atoms with Crippen molar-refractivity contribution < 1.29 is 9.32 Å². The van der Waals surface area contributed by atoms with Gasteiger partial charge in [-0.25, -0.2) is 5.84 Å². The van der Waals surface area contributed by atoms with E-state index in [1.807, 2.05) is 5.43 Å². The molecule has 1 aliphatic heterocycles. The Labute approximate surface area is 124 Å². The van der Waals surface area contributed by atoms with Crippen molar-refractivity contribution in [2.24, 2.45) is 5.84 Å². The van der Waals surface area contributed by atoms with Gasteiger partial charge in [0.2, 0.25) is 0 Å². The van der Waals surface area contributed by atoms with Gasteiger partial charge in [0, 0.05) is 45.3 Å². The van der Waals surface area contributed by atoms with E-state index >= 15 is 0 Å². The molecule has 0 bridgehead atoms. The number of hydrogen-bond acceptors (Lipinski definition) is 7. The average Bonchev–Trinajstić information content (AvgIpc) is 2.94. The number of piperazine rings is 1. The van der Waals surface area contributed by atoms with Crippen LogP contribution in [0.5, 0.6) is 0 Å². The van der Waals surface area contributed by atoms with Gasteiger partial charge in [0.05, 0.1) is 6.54 Å². The summed E-state index contributed by atoms with van der Waals surface area (Å²) in [7, 11) is 4.18. The number of hydrazine groups is 1. The van der Waals surface area contributed by atoms with E-state index in [9.17, 15) is 4.79 Å². The summed E-state index contributed by atoms with van der Waals surface area (Å²) in [6, 6.07) is 1.64. The number of rotatable bonds is 6. The van der Waals surface area contributed by atoms with Crippen LogP contribution in [0.3, 0.4) is 0 Å². The number of amides is 1. The molecule has 0 aromatic carbocycles. The summed E-state index contributed by atoms with van der Waals surface area (Å²) in [5.74, 6) is 5.32. The highest BCUT2D eigenvalue weighted by Gasteiger charge is 2.19. The van der Waals surface area contributed by atoms with Crippen molar-refractivity contribution in [1.82, 2.24) is 25.3 Å². The molecule has 0 spiro atoms. The Hall–Kier alpha value is -1.48. The molecule has 1 saturated heterocycles. The van der Waals surface area contributed by atoms with Gasteiger partial charge in [0.15, 0.2) is 11.5 Å². The Bertz CT molecular complexity index is 453. The first-order valence-electron chi connectivity index (χ1n) is 7.14. The molecular weight excluding hydrogens is 272 g/mol. The molecule has 21 heavy (non-hydrogen) atoms. The van der Waals surface area contributed by atoms with E-state index in [0.717, 1.165) is 39.3 Å². The normalized spacial score (nSPS) is 17.3. The third kappa shape index (κ3) is 4.78. The fourth-order valence-electron chi connectivity index (χ4n) is 2.30. The second-order valence-corrected chi connectivity index (χ2v) is 5.57. The topological polar surface area (TPSA) is 90.9 Å². The number of nitrogens with two attached hydrogens (primary N) is 1. The minimum absolute atomic E-state index is 0.220. The van der Waals surface area contributed by atoms with Gasteiger partial charge in [0.1, 0.15) is 0 Å². The van der Waals surface area contributed by atoms with E-state index in [1.165, 1.54) is 0 Å². The quantitative estimate of drug-likeness (QED) is 0.393. The predicted octanol–water partition coefficient (Wildman–Crippen LogP) is -1.04. The van der Waals surface area contributed by atoms with E-state index in [2.05, 4.69) is 34.0 Å². The number of hydrogen-bond donors (Lipinski definition) is 2. The lowest BCUT2D eigenvalue weighted by molar-refractivity contribution is 0.0943. The SMILES string of the molecule is CN(C)CCN1CCN(Cc2cc(C(=O)NN)no2)CC1. The summed E-state index contributed by atoms with van der Waals surface area (Å²) in [4.78, 5) is 18.3. The molecule has 3 N–H and O–H groups in total. The van der Waals surface area contributed by atoms with Crippen LogP contribution in [0.2, 0.25) is 0 Å². The zero-order chi connectivity index (χ0) is 15.2. The van der Waals surface area contributed by atoms with E-state index in [1.54, 1.807) is 6.07 Å². The number of carbonyl (C=O) groups excluding carboxylic acids is 1. The van der Waals surface area contributed by atoms with Crippen LogP contribution < -0.4 is 11.3 Å². The van der Waals surface area contributed by atoms with Crippen molar-refractivity contribution in [1.29, 1.82) is 0 Å². The van der Waals surface area contributed by atoms with Gasteiger partial charge >= 0.3 is 0 Å². The van der Waals surface area contributed by atoms with E-state index < -0.39 is 5.91 Å². The molecule has 0 unspecified atom stereocenters. The monoisotopic (exact) mass is 296 g/mol. The number of nitrogens with zero attached hydrogens (tertiary/aromatic N) is 4. The summed E-state index contributed by atoms with van der Waals surface area (Å²) >= 11 is 0. The van der Waals surface area contributed by atoms with Crippen LogP contribution in [0.25, 0.3) is 0 Å². The summed E-state index contributed by atoms with van der Waals surface area (Å²) in [6.07, 6.45) is 0. The molecule has 8 nitrogen and oxygen atoms in total. The van der Waals surface area contributed by atoms with E-state index in [4.69, 9.17) is 10.4 Å². The lowest BCUT2D eigenvalue weighted by atomic mass is 10.2. The van der Waals surface area contributed by atoms with Crippen LogP contribution in [0.1, 0.15) is 16.2 Å². The average molecular weight is 296 g/mol. The van der Waals surface area contributed by atoms with Gasteiger partial charge in [0.25, 0.3) is 5.91 Å². The number of nitrogen functional groups attached to an aromatic ring is 1. The lowest BCUT2D eigenvalue weighted by Gasteiger charge is -2.34. The zero-order valence-electron chi connectivity index (χ0n) is 12.7. The van der Waals surface area contributed by atoms with Crippen molar-refractivity contribution in [3.05, 3.63) is 17.5 Å². The fraction of sp³-hybridized carbons (Fsp3) is 0.692. The predicted molar refractivity (Wildman–Crippen MR) is 78.4 cm³/mol. The maximum atomic E-state index is 11.3. The molecule has 2 heterocycles. The van der Waals surface area contributed by atoms with Crippen molar-refractivity contribution >= 4 is 5.91 Å². The highest BCUT2D eigenvalue weighted by molar-refractivity contribution is 5.91. The Morgan fingerprint density at radius 3 is 2.67 bits per heavy atom. The van der Waals surface area contributed by atoms with Gasteiger partial charge < -0.3 is 9.42 Å². The Morgan fingerprint density at radius 1 is 1.38 bits per heavy atom. The Kier molecular flexibility index (Phi) is 5.68. The smallest absolute Gasteiger partial charge is 0.287 e.